The van der Waals surface area contributed by atoms with E-state index in [1.807, 2.05) is 19.1 Å². The molecule has 0 fully saturated rings. The third-order valence-corrected chi connectivity index (χ3v) is 6.71. The van der Waals surface area contributed by atoms with E-state index in [-0.39, 0.29) is 5.97 Å². The Morgan fingerprint density at radius 2 is 1.44 bits per heavy atom. The summed E-state index contributed by atoms with van der Waals surface area (Å²) in [5.41, 5.74) is 2.54. The molecular formula is C32H50NO3+. The molecule has 36 heavy (non-hydrogen) atoms. The number of esters is 1. The zero-order valence-corrected chi connectivity index (χ0v) is 23.3. The summed E-state index contributed by atoms with van der Waals surface area (Å²) in [7, 11) is 4.48. The van der Waals surface area contributed by atoms with E-state index in [0.29, 0.717) is 6.42 Å². The fourth-order valence-corrected chi connectivity index (χ4v) is 4.69. The lowest BCUT2D eigenvalue weighted by molar-refractivity contribution is -0.903. The quantitative estimate of drug-likeness (QED) is 0.0853. The summed E-state index contributed by atoms with van der Waals surface area (Å²) in [5.74, 6) is 0.650. The lowest BCUT2D eigenvalue weighted by Gasteiger charge is -2.30. The van der Waals surface area contributed by atoms with Gasteiger partial charge in [-0.1, -0.05) is 100 Å². The number of carbonyl (C=O) groups is 1. The monoisotopic (exact) mass is 496 g/mol. The first-order valence-electron chi connectivity index (χ1n) is 14.2. The minimum absolute atomic E-state index is 0.184. The minimum Gasteiger partial charge on any atom is -0.455 e. The Bertz CT molecular complexity index is 849. The second-order valence-corrected chi connectivity index (χ2v) is 10.8. The third-order valence-electron chi connectivity index (χ3n) is 6.71. The molecule has 0 aliphatic rings. The van der Waals surface area contributed by atoms with Crippen LogP contribution in [0, 0.1) is 0 Å². The van der Waals surface area contributed by atoms with Gasteiger partial charge in [0.2, 0.25) is 6.29 Å². The number of aryl methyl sites for hydroxylation is 1. The molecule has 0 amide bonds. The molecule has 1 atom stereocenters. The molecular weight excluding hydrogens is 446 g/mol. The Balaban J connectivity index is 1.64. The lowest BCUT2D eigenvalue weighted by atomic mass is 10.0. The summed E-state index contributed by atoms with van der Waals surface area (Å²) in [6.07, 6.45) is 13.1. The van der Waals surface area contributed by atoms with Crippen LogP contribution >= 0.6 is 0 Å². The topological polar surface area (TPSA) is 35.5 Å². The van der Waals surface area contributed by atoms with Gasteiger partial charge in [0.1, 0.15) is 12.3 Å². The Kier molecular flexibility index (Phi) is 14.3. The van der Waals surface area contributed by atoms with E-state index in [1.54, 1.807) is 0 Å². The van der Waals surface area contributed by atoms with E-state index in [0.717, 1.165) is 42.6 Å². The highest BCUT2D eigenvalue weighted by molar-refractivity contribution is 5.69. The Labute approximate surface area is 220 Å². The van der Waals surface area contributed by atoms with Gasteiger partial charge in [-0.25, -0.2) is 0 Å². The average molecular weight is 497 g/mol. The second-order valence-electron chi connectivity index (χ2n) is 10.8. The molecule has 0 aliphatic carbocycles. The van der Waals surface area contributed by atoms with Gasteiger partial charge in [0.15, 0.2) is 0 Å². The van der Waals surface area contributed by atoms with Crippen LogP contribution in [0.15, 0.2) is 54.6 Å². The molecule has 0 aromatic heterocycles. The highest BCUT2D eigenvalue weighted by Gasteiger charge is 2.17. The van der Waals surface area contributed by atoms with Gasteiger partial charge in [0, 0.05) is 18.9 Å². The van der Waals surface area contributed by atoms with Crippen LogP contribution in [0.25, 0.3) is 0 Å². The predicted octanol–water partition coefficient (Wildman–Crippen LogP) is 8.08. The molecule has 4 nitrogen and oxygen atoms in total. The van der Waals surface area contributed by atoms with Crippen molar-refractivity contribution in [1.29, 1.82) is 0 Å². The number of carbonyl (C=O) groups excluding carboxylic acids is 1. The van der Waals surface area contributed by atoms with Gasteiger partial charge in [0.25, 0.3) is 0 Å². The number of para-hydroxylation sites is 1. The van der Waals surface area contributed by atoms with E-state index in [9.17, 15) is 4.79 Å². The van der Waals surface area contributed by atoms with Crippen molar-refractivity contribution in [2.45, 2.75) is 104 Å². The van der Waals surface area contributed by atoms with Crippen molar-refractivity contribution in [3.8, 4) is 5.75 Å². The van der Waals surface area contributed by atoms with Crippen LogP contribution in [0.1, 0.15) is 95.6 Å². The molecule has 0 aliphatic heterocycles. The normalized spacial score (nSPS) is 12.3. The molecule has 4 heteroatoms. The predicted molar refractivity (Wildman–Crippen MR) is 150 cm³/mol. The van der Waals surface area contributed by atoms with E-state index >= 15 is 0 Å². The maximum Gasteiger partial charge on any atom is 0.308 e. The smallest absolute Gasteiger partial charge is 0.308 e. The molecule has 0 saturated carbocycles. The molecule has 0 spiro atoms. The second kappa shape index (κ2) is 17.2. The van der Waals surface area contributed by atoms with Crippen molar-refractivity contribution < 1.29 is 18.8 Å². The molecule has 0 N–H and O–H groups in total. The van der Waals surface area contributed by atoms with Gasteiger partial charge in [-0.15, -0.1) is 0 Å². The number of rotatable bonds is 19. The van der Waals surface area contributed by atoms with Gasteiger partial charge in [-0.3, -0.25) is 4.79 Å². The van der Waals surface area contributed by atoms with Crippen molar-refractivity contribution in [1.82, 2.24) is 0 Å². The Hall–Kier alpha value is -2.33. The van der Waals surface area contributed by atoms with Gasteiger partial charge in [-0.2, -0.15) is 0 Å². The number of unbranched alkanes of at least 4 members (excludes halogenated alkanes) is 8. The molecule has 0 heterocycles. The molecule has 1 unspecified atom stereocenters. The first kappa shape index (κ1) is 29.9. The number of hydrogen-bond acceptors (Lipinski definition) is 3. The average Bonchev–Trinajstić information content (AvgIpc) is 2.85. The fraction of sp³-hybridized carbons (Fsp3) is 0.594. The van der Waals surface area contributed by atoms with E-state index in [2.05, 4.69) is 63.5 Å². The SMILES string of the molecule is CCCCCCCCCCc1ccccc1OC(C)OC(=O)CCCC[N+](C)(C)Cc1ccccc1. The summed E-state index contributed by atoms with van der Waals surface area (Å²) in [4.78, 5) is 12.4. The first-order chi connectivity index (χ1) is 17.4. The molecule has 2 aromatic rings. The van der Waals surface area contributed by atoms with Crippen LogP contribution in [0.5, 0.6) is 5.75 Å². The maximum atomic E-state index is 12.4. The van der Waals surface area contributed by atoms with Crippen LogP contribution in [0.4, 0.5) is 0 Å². The largest absolute Gasteiger partial charge is 0.455 e. The van der Waals surface area contributed by atoms with Crippen molar-refractivity contribution in [2.24, 2.45) is 0 Å². The maximum absolute atomic E-state index is 12.4. The minimum atomic E-state index is -0.581. The number of nitrogens with zero attached hydrogens (tertiary/aromatic N) is 1. The van der Waals surface area contributed by atoms with E-state index in [1.165, 1.54) is 62.5 Å². The van der Waals surface area contributed by atoms with Crippen LogP contribution in [-0.4, -0.2) is 37.4 Å². The van der Waals surface area contributed by atoms with Crippen molar-refractivity contribution in [2.75, 3.05) is 20.6 Å². The van der Waals surface area contributed by atoms with Crippen molar-refractivity contribution in [3.63, 3.8) is 0 Å². The number of hydrogen-bond donors (Lipinski definition) is 0. The van der Waals surface area contributed by atoms with Gasteiger partial charge >= 0.3 is 5.97 Å². The van der Waals surface area contributed by atoms with Crippen LogP contribution < -0.4 is 4.74 Å². The summed E-state index contributed by atoms with van der Waals surface area (Å²) in [6.45, 7) is 6.09. The molecule has 0 saturated heterocycles. The zero-order chi connectivity index (χ0) is 26.1. The Morgan fingerprint density at radius 3 is 2.17 bits per heavy atom. The molecule has 200 valence electrons. The van der Waals surface area contributed by atoms with Gasteiger partial charge in [-0.05, 0) is 37.3 Å². The van der Waals surface area contributed by atoms with E-state index in [4.69, 9.17) is 9.47 Å². The van der Waals surface area contributed by atoms with E-state index < -0.39 is 6.29 Å². The standard InChI is InChI=1S/C32H50NO3/c1-5-6-7-8-9-10-11-15-22-30-23-16-17-24-31(30)35-28(2)36-32(34)25-18-19-26-33(3,4)27-29-20-13-12-14-21-29/h12-14,16-17,20-21,23-24,28H,5-11,15,18-19,22,25-27H2,1-4H3/q+1. The first-order valence-corrected chi connectivity index (χ1v) is 14.2. The molecule has 2 aromatic carbocycles. The Morgan fingerprint density at radius 1 is 0.806 bits per heavy atom. The fourth-order valence-electron chi connectivity index (χ4n) is 4.69. The highest BCUT2D eigenvalue weighted by atomic mass is 16.7. The summed E-state index contributed by atoms with van der Waals surface area (Å²) in [5, 5.41) is 0. The number of benzene rings is 2. The zero-order valence-electron chi connectivity index (χ0n) is 23.3. The molecule has 2 rings (SSSR count). The highest BCUT2D eigenvalue weighted by Crippen LogP contribution is 2.23. The van der Waals surface area contributed by atoms with Crippen LogP contribution in [-0.2, 0) is 22.5 Å². The summed E-state index contributed by atoms with van der Waals surface area (Å²) >= 11 is 0. The van der Waals surface area contributed by atoms with Gasteiger partial charge in [0.05, 0.1) is 20.6 Å². The van der Waals surface area contributed by atoms with Crippen LogP contribution in [0.3, 0.4) is 0 Å². The van der Waals surface area contributed by atoms with Crippen molar-refractivity contribution >= 4 is 5.97 Å². The summed E-state index contributed by atoms with van der Waals surface area (Å²) in [6, 6.07) is 18.7. The lowest BCUT2D eigenvalue weighted by Crippen LogP contribution is -2.39. The number of quaternary nitrogens is 1. The number of ether oxygens (including phenoxy) is 2. The third kappa shape index (κ3) is 13.1. The van der Waals surface area contributed by atoms with Gasteiger partial charge < -0.3 is 14.0 Å². The molecule has 0 bridgehead atoms. The molecule has 0 radical (unpaired) electrons. The van der Waals surface area contributed by atoms with Crippen LogP contribution in [0.2, 0.25) is 0 Å². The van der Waals surface area contributed by atoms with Crippen molar-refractivity contribution in [3.05, 3.63) is 65.7 Å². The summed E-state index contributed by atoms with van der Waals surface area (Å²) < 4.78 is 12.5.